The van der Waals surface area contributed by atoms with E-state index in [1.807, 2.05) is 0 Å². The van der Waals surface area contributed by atoms with Crippen LogP contribution in [0.5, 0.6) is 11.6 Å². The molecule has 0 atom stereocenters. The number of ether oxygens (including phenoxy) is 1. The highest BCUT2D eigenvalue weighted by Crippen LogP contribution is 2.30. The number of fused-ring (bicyclic) bond motifs is 1. The van der Waals surface area contributed by atoms with E-state index in [9.17, 15) is 17.2 Å². The Morgan fingerprint density at radius 1 is 0.838 bits per heavy atom. The van der Waals surface area contributed by atoms with Crippen LogP contribution < -0.4 is 15.2 Å². The summed E-state index contributed by atoms with van der Waals surface area (Å²) in [5, 5.41) is 8.22. The first-order valence-corrected chi connectivity index (χ1v) is 12.5. The van der Waals surface area contributed by atoms with Crippen LogP contribution >= 0.6 is 0 Å². The molecule has 0 fully saturated rings. The quantitative estimate of drug-likeness (QED) is 0.310. The number of benzene rings is 3. The fourth-order valence-corrected chi connectivity index (χ4v) is 4.05. The Kier molecular flexibility index (Phi) is 6.47. The minimum Gasteiger partial charge on any atom is -0.437 e. The molecule has 2 aromatic heterocycles. The average Bonchev–Trinajstić information content (AvgIpc) is 2.87. The molecule has 37 heavy (non-hydrogen) atoms. The van der Waals surface area contributed by atoms with Crippen LogP contribution in [0.3, 0.4) is 0 Å². The van der Waals surface area contributed by atoms with Crippen LogP contribution in [-0.2, 0) is 16.6 Å². The lowest BCUT2D eigenvalue weighted by atomic mass is 10.1. The normalized spacial score (nSPS) is 11.4. The van der Waals surface area contributed by atoms with Gasteiger partial charge < -0.3 is 10.1 Å². The molecule has 3 N–H and O–H groups in total. The van der Waals surface area contributed by atoms with E-state index in [2.05, 4.69) is 20.3 Å². The van der Waals surface area contributed by atoms with Crippen LogP contribution in [0.15, 0.2) is 89.8 Å². The minimum absolute atomic E-state index is 0.00650. The molecular formula is C26H19F2N5O3S. The summed E-state index contributed by atoms with van der Waals surface area (Å²) in [6.07, 6.45) is 0. The highest BCUT2D eigenvalue weighted by Gasteiger charge is 2.14. The molecule has 0 unspecified atom stereocenters. The summed E-state index contributed by atoms with van der Waals surface area (Å²) in [5.74, 6) is -0.314. The summed E-state index contributed by atoms with van der Waals surface area (Å²) in [7, 11) is -3.79. The van der Waals surface area contributed by atoms with Crippen molar-refractivity contribution < 1.29 is 21.9 Å². The van der Waals surface area contributed by atoms with Crippen molar-refractivity contribution in [2.75, 3.05) is 5.32 Å². The van der Waals surface area contributed by atoms with Crippen molar-refractivity contribution in [1.29, 1.82) is 0 Å². The van der Waals surface area contributed by atoms with Crippen LogP contribution in [0.25, 0.3) is 22.3 Å². The van der Waals surface area contributed by atoms with Gasteiger partial charge >= 0.3 is 0 Å². The van der Waals surface area contributed by atoms with Crippen LogP contribution in [-0.4, -0.2) is 23.4 Å². The maximum atomic E-state index is 13.8. The molecule has 0 amide bonds. The molecule has 0 bridgehead atoms. The van der Waals surface area contributed by atoms with Gasteiger partial charge in [-0.15, -0.1) is 0 Å². The van der Waals surface area contributed by atoms with Gasteiger partial charge in [0.2, 0.25) is 16.0 Å². The number of anilines is 1. The topological polar surface area (TPSA) is 120 Å². The number of hydrogen-bond donors (Lipinski definition) is 2. The number of nitrogens with zero attached hydrogens (tertiary/aromatic N) is 3. The van der Waals surface area contributed by atoms with Crippen molar-refractivity contribution in [3.05, 3.63) is 102 Å². The number of sulfonamides is 1. The van der Waals surface area contributed by atoms with E-state index in [1.165, 1.54) is 42.5 Å². The largest absolute Gasteiger partial charge is 0.437 e. The molecule has 3 aromatic carbocycles. The molecule has 11 heteroatoms. The number of primary sulfonamides is 1. The molecule has 2 heterocycles. The van der Waals surface area contributed by atoms with Crippen LogP contribution in [0.2, 0.25) is 0 Å². The van der Waals surface area contributed by atoms with Crippen molar-refractivity contribution in [2.24, 2.45) is 5.14 Å². The lowest BCUT2D eigenvalue weighted by Gasteiger charge is -2.12. The number of nitrogens with two attached hydrogens (primary N) is 1. The molecule has 5 rings (SSSR count). The molecule has 5 aromatic rings. The van der Waals surface area contributed by atoms with E-state index in [0.717, 1.165) is 5.56 Å². The third kappa shape index (κ3) is 5.68. The number of nitrogens with one attached hydrogen (secondary N) is 1. The summed E-state index contributed by atoms with van der Waals surface area (Å²) in [5.41, 5.74) is 2.78. The van der Waals surface area contributed by atoms with Gasteiger partial charge in [-0.3, -0.25) is 0 Å². The van der Waals surface area contributed by atoms with Gasteiger partial charge in [-0.25, -0.2) is 32.3 Å². The second kappa shape index (κ2) is 9.88. The Labute approximate surface area is 210 Å². The van der Waals surface area contributed by atoms with Gasteiger partial charge in [0, 0.05) is 18.2 Å². The smallest absolute Gasteiger partial charge is 0.251 e. The monoisotopic (exact) mass is 519 g/mol. The molecule has 0 aliphatic carbocycles. The van der Waals surface area contributed by atoms with E-state index >= 15 is 0 Å². The van der Waals surface area contributed by atoms with Gasteiger partial charge in [0.05, 0.1) is 16.1 Å². The Balaban J connectivity index is 1.50. The highest BCUT2D eigenvalue weighted by molar-refractivity contribution is 7.89. The fraction of sp³-hybridized carbons (Fsp3) is 0.0385. The van der Waals surface area contributed by atoms with Crippen LogP contribution in [0, 0.1) is 11.6 Å². The summed E-state index contributed by atoms with van der Waals surface area (Å²) in [6, 6.07) is 21.0. The summed E-state index contributed by atoms with van der Waals surface area (Å²) in [6.45, 7) is 0.275. The molecular weight excluding hydrogens is 500 g/mol. The SMILES string of the molecule is NS(=O)(=O)c1ccc(CNc2nc(Oc3cccc(F)c3)c3nc(-c4ccc(F)cc4)ccc3n2)cc1. The number of pyridine rings is 1. The predicted octanol–water partition coefficient (Wildman–Crippen LogP) is 5.02. The van der Waals surface area contributed by atoms with Crippen molar-refractivity contribution in [2.45, 2.75) is 11.4 Å². The van der Waals surface area contributed by atoms with Crippen molar-refractivity contribution in [3.63, 3.8) is 0 Å². The van der Waals surface area contributed by atoms with Gasteiger partial charge in [0.1, 0.15) is 17.4 Å². The number of aromatic nitrogens is 3. The zero-order valence-electron chi connectivity index (χ0n) is 19.1. The number of rotatable bonds is 7. The van der Waals surface area contributed by atoms with Gasteiger partial charge in [0.25, 0.3) is 5.88 Å². The summed E-state index contributed by atoms with van der Waals surface area (Å²) >= 11 is 0. The molecule has 8 nitrogen and oxygen atoms in total. The minimum atomic E-state index is -3.79. The predicted molar refractivity (Wildman–Crippen MR) is 134 cm³/mol. The van der Waals surface area contributed by atoms with Crippen molar-refractivity contribution in [1.82, 2.24) is 15.0 Å². The lowest BCUT2D eigenvalue weighted by molar-refractivity contribution is 0.462. The third-order valence-corrected chi connectivity index (χ3v) is 6.29. The molecule has 0 spiro atoms. The molecule has 186 valence electrons. The summed E-state index contributed by atoms with van der Waals surface area (Å²) < 4.78 is 56.0. The van der Waals surface area contributed by atoms with Crippen LogP contribution in [0.4, 0.5) is 14.7 Å². The molecule has 0 aliphatic heterocycles. The van der Waals surface area contributed by atoms with Gasteiger partial charge in [0.15, 0.2) is 5.52 Å². The first-order valence-electron chi connectivity index (χ1n) is 11.0. The van der Waals surface area contributed by atoms with E-state index < -0.39 is 15.8 Å². The molecule has 0 aliphatic rings. The Bertz CT molecular complexity index is 1700. The summed E-state index contributed by atoms with van der Waals surface area (Å²) in [4.78, 5) is 13.6. The van der Waals surface area contributed by atoms with Gasteiger partial charge in [-0.1, -0.05) is 18.2 Å². The van der Waals surface area contributed by atoms with E-state index in [4.69, 9.17) is 9.88 Å². The maximum absolute atomic E-state index is 13.8. The van der Waals surface area contributed by atoms with Crippen molar-refractivity contribution >= 4 is 27.0 Å². The standard InChI is InChI=1S/C26H19F2N5O3S/c27-18-8-6-17(7-9-18)22-12-13-23-24(31-22)25(36-20-3-1-2-19(28)14-20)33-26(32-23)30-15-16-4-10-21(11-5-16)37(29,34)35/h1-14H,15H2,(H2,29,34,35)(H,30,32,33). The van der Waals surface area contributed by atoms with E-state index in [0.29, 0.717) is 22.3 Å². The highest BCUT2D eigenvalue weighted by atomic mass is 32.2. The number of halogens is 2. The Morgan fingerprint density at radius 3 is 2.30 bits per heavy atom. The second-order valence-corrected chi connectivity index (χ2v) is 9.59. The molecule has 0 saturated heterocycles. The van der Waals surface area contributed by atoms with Crippen molar-refractivity contribution in [3.8, 4) is 22.9 Å². The second-order valence-electron chi connectivity index (χ2n) is 8.03. The lowest BCUT2D eigenvalue weighted by Crippen LogP contribution is -2.12. The molecule has 0 saturated carbocycles. The van der Waals surface area contributed by atoms with Crippen LogP contribution in [0.1, 0.15) is 5.56 Å². The molecule has 0 radical (unpaired) electrons. The van der Waals surface area contributed by atoms with E-state index in [1.54, 1.807) is 42.5 Å². The maximum Gasteiger partial charge on any atom is 0.251 e. The zero-order chi connectivity index (χ0) is 26.0. The first kappa shape index (κ1) is 24.2. The Morgan fingerprint density at radius 2 is 1.59 bits per heavy atom. The van der Waals surface area contributed by atoms with Gasteiger partial charge in [-0.2, -0.15) is 4.98 Å². The average molecular weight is 520 g/mol. The third-order valence-electron chi connectivity index (χ3n) is 5.36. The number of hydrogen-bond acceptors (Lipinski definition) is 7. The van der Waals surface area contributed by atoms with E-state index in [-0.39, 0.29) is 34.8 Å². The first-order chi connectivity index (χ1) is 17.7. The van der Waals surface area contributed by atoms with Gasteiger partial charge in [-0.05, 0) is 66.2 Å². The Hall–Kier alpha value is -4.48. The fourth-order valence-electron chi connectivity index (χ4n) is 3.54. The zero-order valence-corrected chi connectivity index (χ0v) is 19.9.